The molecule has 2 unspecified atom stereocenters. The minimum Gasteiger partial charge on any atom is -0.465 e. The standard InChI is InChI=1S/C22H25BrFNO3/c1-4-13-22(28,18-7-11-20(24)12-8-18)14-15(2)25(21(26)27)16(3)17-5-9-19(23)10-6-17/h4-12,15-16,28H,1,13-14H2,2-3H3,(H,26,27)/t15?,16-,22?/m0/s1. The maximum atomic E-state index is 13.3. The molecule has 4 nitrogen and oxygen atoms in total. The molecular weight excluding hydrogens is 425 g/mol. The number of carboxylic acid groups (broad SMARTS) is 1. The normalized spacial score (nSPS) is 15.3. The van der Waals surface area contributed by atoms with Crippen molar-refractivity contribution < 1.29 is 19.4 Å². The molecule has 0 aliphatic carbocycles. The van der Waals surface area contributed by atoms with Crippen LogP contribution in [-0.4, -0.2) is 27.2 Å². The van der Waals surface area contributed by atoms with Crippen LogP contribution in [0.25, 0.3) is 0 Å². The largest absolute Gasteiger partial charge is 0.465 e. The Morgan fingerprint density at radius 2 is 1.79 bits per heavy atom. The van der Waals surface area contributed by atoms with E-state index >= 15 is 0 Å². The van der Waals surface area contributed by atoms with Gasteiger partial charge in [-0.25, -0.2) is 9.18 Å². The summed E-state index contributed by atoms with van der Waals surface area (Å²) >= 11 is 3.38. The molecule has 6 heteroatoms. The Kier molecular flexibility index (Phi) is 7.38. The average molecular weight is 450 g/mol. The van der Waals surface area contributed by atoms with Crippen molar-refractivity contribution in [2.24, 2.45) is 0 Å². The highest BCUT2D eigenvalue weighted by Crippen LogP contribution is 2.34. The van der Waals surface area contributed by atoms with Gasteiger partial charge in [0.2, 0.25) is 0 Å². The van der Waals surface area contributed by atoms with E-state index in [2.05, 4.69) is 22.5 Å². The zero-order chi connectivity index (χ0) is 20.9. The highest BCUT2D eigenvalue weighted by atomic mass is 79.9. The second-order valence-electron chi connectivity index (χ2n) is 7.00. The van der Waals surface area contributed by atoms with E-state index in [9.17, 15) is 19.4 Å². The van der Waals surface area contributed by atoms with Crippen LogP contribution in [0.15, 0.2) is 65.7 Å². The van der Waals surface area contributed by atoms with Crippen LogP contribution in [0.2, 0.25) is 0 Å². The molecule has 0 radical (unpaired) electrons. The molecule has 1 amide bonds. The second-order valence-corrected chi connectivity index (χ2v) is 7.92. The third-order valence-corrected chi connectivity index (χ3v) is 5.49. The van der Waals surface area contributed by atoms with Gasteiger partial charge in [-0.2, -0.15) is 0 Å². The van der Waals surface area contributed by atoms with E-state index in [1.807, 2.05) is 31.2 Å². The van der Waals surface area contributed by atoms with Crippen molar-refractivity contribution in [3.05, 3.63) is 82.6 Å². The minimum atomic E-state index is -1.35. The Bertz CT molecular complexity index is 810. The van der Waals surface area contributed by atoms with Crippen LogP contribution >= 0.6 is 15.9 Å². The highest BCUT2D eigenvalue weighted by molar-refractivity contribution is 9.10. The van der Waals surface area contributed by atoms with Gasteiger partial charge in [0, 0.05) is 16.9 Å². The Balaban J connectivity index is 2.31. The Morgan fingerprint density at radius 3 is 2.29 bits per heavy atom. The van der Waals surface area contributed by atoms with E-state index in [4.69, 9.17) is 0 Å². The molecule has 0 saturated carbocycles. The summed E-state index contributed by atoms with van der Waals surface area (Å²) in [5.74, 6) is -0.395. The van der Waals surface area contributed by atoms with E-state index in [0.29, 0.717) is 5.56 Å². The van der Waals surface area contributed by atoms with Crippen molar-refractivity contribution in [1.82, 2.24) is 4.90 Å². The predicted molar refractivity (Wildman–Crippen MR) is 112 cm³/mol. The molecule has 0 aromatic heterocycles. The van der Waals surface area contributed by atoms with Crippen LogP contribution in [0.5, 0.6) is 0 Å². The minimum absolute atomic E-state index is 0.151. The Hall–Kier alpha value is -2.18. The van der Waals surface area contributed by atoms with Gasteiger partial charge in [-0.1, -0.05) is 46.3 Å². The van der Waals surface area contributed by atoms with Crippen LogP contribution in [-0.2, 0) is 5.60 Å². The molecule has 2 N–H and O–H groups in total. The summed E-state index contributed by atoms with van der Waals surface area (Å²) < 4.78 is 14.2. The second kappa shape index (κ2) is 9.34. The maximum absolute atomic E-state index is 13.3. The number of amides is 1. The number of hydrogen-bond donors (Lipinski definition) is 2. The molecule has 28 heavy (non-hydrogen) atoms. The van der Waals surface area contributed by atoms with Gasteiger partial charge in [-0.15, -0.1) is 6.58 Å². The molecule has 2 aromatic rings. The molecule has 3 atom stereocenters. The first kappa shape index (κ1) is 22.1. The van der Waals surface area contributed by atoms with Crippen molar-refractivity contribution in [2.45, 2.75) is 44.4 Å². The summed E-state index contributed by atoms with van der Waals surface area (Å²) in [7, 11) is 0. The van der Waals surface area contributed by atoms with E-state index in [-0.39, 0.29) is 12.8 Å². The number of rotatable bonds is 8. The summed E-state index contributed by atoms with van der Waals surface area (Å²) in [5, 5.41) is 21.1. The lowest BCUT2D eigenvalue weighted by Crippen LogP contribution is -2.43. The molecule has 0 aliphatic rings. The lowest BCUT2D eigenvalue weighted by molar-refractivity contribution is -0.000498. The van der Waals surface area contributed by atoms with Gasteiger partial charge in [0.05, 0.1) is 11.6 Å². The fraction of sp³-hybridized carbons (Fsp3) is 0.318. The van der Waals surface area contributed by atoms with Crippen molar-refractivity contribution in [1.29, 1.82) is 0 Å². The van der Waals surface area contributed by atoms with Crippen molar-refractivity contribution in [3.63, 3.8) is 0 Å². The van der Waals surface area contributed by atoms with Gasteiger partial charge in [0.15, 0.2) is 0 Å². The number of benzene rings is 2. The molecule has 2 rings (SSSR count). The first-order valence-electron chi connectivity index (χ1n) is 9.04. The zero-order valence-corrected chi connectivity index (χ0v) is 17.6. The van der Waals surface area contributed by atoms with Gasteiger partial charge in [0.1, 0.15) is 5.82 Å². The summed E-state index contributed by atoms with van der Waals surface area (Å²) in [4.78, 5) is 13.3. The van der Waals surface area contributed by atoms with Gasteiger partial charge < -0.3 is 10.2 Å². The molecule has 0 fully saturated rings. The number of carbonyl (C=O) groups is 1. The molecule has 2 aromatic carbocycles. The number of aliphatic hydroxyl groups is 1. The van der Waals surface area contributed by atoms with Gasteiger partial charge in [-0.05, 0) is 55.7 Å². The monoisotopic (exact) mass is 449 g/mol. The van der Waals surface area contributed by atoms with E-state index in [1.54, 1.807) is 13.0 Å². The van der Waals surface area contributed by atoms with Crippen LogP contribution in [0.4, 0.5) is 9.18 Å². The van der Waals surface area contributed by atoms with Gasteiger partial charge in [0.25, 0.3) is 0 Å². The van der Waals surface area contributed by atoms with Crippen molar-refractivity contribution >= 4 is 22.0 Å². The van der Waals surface area contributed by atoms with Crippen LogP contribution < -0.4 is 0 Å². The third-order valence-electron chi connectivity index (χ3n) is 4.96. The van der Waals surface area contributed by atoms with E-state index < -0.39 is 29.6 Å². The topological polar surface area (TPSA) is 60.8 Å². The molecule has 0 spiro atoms. The quantitative estimate of drug-likeness (QED) is 0.495. The molecule has 0 bridgehead atoms. The fourth-order valence-corrected chi connectivity index (χ4v) is 3.81. The first-order valence-corrected chi connectivity index (χ1v) is 9.83. The number of halogens is 2. The summed E-state index contributed by atoms with van der Waals surface area (Å²) in [5.41, 5.74) is 0.0379. The van der Waals surface area contributed by atoms with Gasteiger partial charge in [-0.3, -0.25) is 4.90 Å². The lowest BCUT2D eigenvalue weighted by Gasteiger charge is -2.38. The van der Waals surface area contributed by atoms with Crippen LogP contribution in [0.3, 0.4) is 0 Å². The zero-order valence-electron chi connectivity index (χ0n) is 16.0. The Morgan fingerprint density at radius 1 is 1.21 bits per heavy atom. The van der Waals surface area contributed by atoms with E-state index in [0.717, 1.165) is 10.0 Å². The Labute approximate surface area is 173 Å². The number of nitrogens with zero attached hydrogens (tertiary/aromatic N) is 1. The summed E-state index contributed by atoms with van der Waals surface area (Å²) in [6, 6.07) is 12.2. The lowest BCUT2D eigenvalue weighted by atomic mass is 9.84. The maximum Gasteiger partial charge on any atom is 0.408 e. The first-order chi connectivity index (χ1) is 13.2. The molecule has 0 aliphatic heterocycles. The fourth-order valence-electron chi connectivity index (χ4n) is 3.54. The van der Waals surface area contributed by atoms with Crippen LogP contribution in [0, 0.1) is 5.82 Å². The van der Waals surface area contributed by atoms with Crippen molar-refractivity contribution in [2.75, 3.05) is 0 Å². The predicted octanol–water partition coefficient (Wildman–Crippen LogP) is 5.87. The molecule has 150 valence electrons. The third kappa shape index (κ3) is 5.20. The summed E-state index contributed by atoms with van der Waals surface area (Å²) in [6.45, 7) is 7.28. The summed E-state index contributed by atoms with van der Waals surface area (Å²) in [6.07, 6.45) is 0.892. The molecular formula is C22H25BrFNO3. The van der Waals surface area contributed by atoms with Crippen LogP contribution in [0.1, 0.15) is 43.9 Å². The molecule has 0 heterocycles. The smallest absolute Gasteiger partial charge is 0.408 e. The average Bonchev–Trinajstić information content (AvgIpc) is 2.62. The van der Waals surface area contributed by atoms with E-state index in [1.165, 1.54) is 29.2 Å². The van der Waals surface area contributed by atoms with Gasteiger partial charge >= 0.3 is 6.09 Å². The number of hydrogen-bond acceptors (Lipinski definition) is 2. The highest BCUT2D eigenvalue weighted by Gasteiger charge is 2.35. The van der Waals surface area contributed by atoms with Crippen molar-refractivity contribution in [3.8, 4) is 0 Å². The molecule has 0 saturated heterocycles. The SMILES string of the molecule is C=CCC(O)(CC(C)N(C(=O)O)[C@@H](C)c1ccc(Br)cc1)c1ccc(F)cc1.